The Balaban J connectivity index is 1.75. The van der Waals surface area contributed by atoms with Crippen LogP contribution < -0.4 is 4.74 Å². The molecule has 0 spiro atoms. The second-order valence-corrected chi connectivity index (χ2v) is 5.24. The maximum atomic E-state index is 13.5. The first-order valence-electron chi connectivity index (χ1n) is 7.72. The second kappa shape index (κ2) is 7.57. The van der Waals surface area contributed by atoms with Crippen molar-refractivity contribution in [2.75, 3.05) is 0 Å². The van der Waals surface area contributed by atoms with Gasteiger partial charge in [0.1, 0.15) is 23.6 Å². The van der Waals surface area contributed by atoms with Crippen LogP contribution in [0.15, 0.2) is 49.2 Å². The molecule has 0 aliphatic rings. The summed E-state index contributed by atoms with van der Waals surface area (Å²) in [6, 6.07) is 6.01. The van der Waals surface area contributed by atoms with E-state index < -0.39 is 0 Å². The first-order chi connectivity index (χ1) is 12.2. The molecule has 0 saturated heterocycles. The Kier molecular flexibility index (Phi) is 5.03. The van der Waals surface area contributed by atoms with E-state index in [1.165, 1.54) is 37.1 Å². The van der Waals surface area contributed by atoms with Crippen molar-refractivity contribution < 1.29 is 13.9 Å². The molecule has 0 aliphatic heterocycles. The number of aryl methyl sites for hydroxylation is 1. The molecule has 0 radical (unpaired) electrons. The summed E-state index contributed by atoms with van der Waals surface area (Å²) in [6.07, 6.45) is 6.43. The van der Waals surface area contributed by atoms with Crippen molar-refractivity contribution in [2.24, 2.45) is 0 Å². The summed E-state index contributed by atoms with van der Waals surface area (Å²) in [6.45, 7) is 1.81. The minimum absolute atomic E-state index is 0.0399. The molecule has 3 heterocycles. The molecule has 0 aliphatic carbocycles. The van der Waals surface area contributed by atoms with Crippen molar-refractivity contribution in [1.82, 2.24) is 19.9 Å². The Hall–Kier alpha value is -3.22. The third-order valence-corrected chi connectivity index (χ3v) is 3.44. The summed E-state index contributed by atoms with van der Waals surface area (Å²) in [5.74, 6) is 0.322. The Bertz CT molecular complexity index is 887. The third-order valence-electron chi connectivity index (χ3n) is 3.44. The summed E-state index contributed by atoms with van der Waals surface area (Å²) in [5.41, 5.74) is 1.10. The van der Waals surface area contributed by atoms with Gasteiger partial charge in [0.2, 0.25) is 0 Å². The lowest BCUT2D eigenvalue weighted by molar-refractivity contribution is 0.0986. The smallest absolute Gasteiger partial charge is 0.187 e. The highest BCUT2D eigenvalue weighted by Gasteiger charge is 2.13. The SMILES string of the molecule is CCc1nc(CC(=O)c2cc(Oc3cncnc3)ccn2)ccc1F. The number of Topliss-reactive ketones (excluding diaryl/α,β-unsaturated/α-hetero) is 1. The van der Waals surface area contributed by atoms with E-state index >= 15 is 0 Å². The predicted molar refractivity (Wildman–Crippen MR) is 88.0 cm³/mol. The molecular weight excluding hydrogens is 323 g/mol. The molecule has 3 aromatic rings. The largest absolute Gasteiger partial charge is 0.454 e. The van der Waals surface area contributed by atoms with Crippen molar-refractivity contribution in [1.29, 1.82) is 0 Å². The monoisotopic (exact) mass is 338 g/mol. The van der Waals surface area contributed by atoms with Gasteiger partial charge in [-0.05, 0) is 24.6 Å². The molecule has 3 rings (SSSR count). The number of hydrogen-bond donors (Lipinski definition) is 0. The van der Waals surface area contributed by atoms with Gasteiger partial charge in [0, 0.05) is 18.0 Å². The summed E-state index contributed by atoms with van der Waals surface area (Å²) in [4.78, 5) is 28.4. The minimum Gasteiger partial charge on any atom is -0.454 e. The van der Waals surface area contributed by atoms with Crippen LogP contribution in [-0.2, 0) is 12.8 Å². The Morgan fingerprint density at radius 3 is 2.72 bits per heavy atom. The molecular formula is C18H15FN4O2. The minimum atomic E-state index is -0.364. The van der Waals surface area contributed by atoms with E-state index in [2.05, 4.69) is 19.9 Å². The van der Waals surface area contributed by atoms with Gasteiger partial charge in [-0.1, -0.05) is 6.92 Å². The molecule has 0 aromatic carbocycles. The van der Waals surface area contributed by atoms with Crippen LogP contribution in [0.1, 0.15) is 28.8 Å². The Labute approximate surface area is 143 Å². The van der Waals surface area contributed by atoms with E-state index in [9.17, 15) is 9.18 Å². The number of ketones is 1. The number of pyridine rings is 2. The number of hydrogen-bond acceptors (Lipinski definition) is 6. The van der Waals surface area contributed by atoms with Crippen molar-refractivity contribution in [3.63, 3.8) is 0 Å². The molecule has 0 N–H and O–H groups in total. The number of aromatic nitrogens is 4. The van der Waals surface area contributed by atoms with Crippen LogP contribution in [-0.4, -0.2) is 25.7 Å². The van der Waals surface area contributed by atoms with Crippen LogP contribution in [0, 0.1) is 5.82 Å². The molecule has 0 amide bonds. The van der Waals surface area contributed by atoms with Gasteiger partial charge in [-0.2, -0.15) is 0 Å². The van der Waals surface area contributed by atoms with Crippen LogP contribution >= 0.6 is 0 Å². The maximum Gasteiger partial charge on any atom is 0.187 e. The second-order valence-electron chi connectivity index (χ2n) is 5.24. The summed E-state index contributed by atoms with van der Waals surface area (Å²) >= 11 is 0. The van der Waals surface area contributed by atoms with Gasteiger partial charge in [0.25, 0.3) is 0 Å². The van der Waals surface area contributed by atoms with Crippen LogP contribution in [0.25, 0.3) is 0 Å². The summed E-state index contributed by atoms with van der Waals surface area (Å²) in [5, 5.41) is 0. The number of nitrogens with zero attached hydrogens (tertiary/aromatic N) is 4. The molecule has 6 nitrogen and oxygen atoms in total. The van der Waals surface area contributed by atoms with Gasteiger partial charge >= 0.3 is 0 Å². The van der Waals surface area contributed by atoms with Crippen LogP contribution in [0.3, 0.4) is 0 Å². The van der Waals surface area contributed by atoms with E-state index in [4.69, 9.17) is 4.74 Å². The highest BCUT2D eigenvalue weighted by atomic mass is 19.1. The Morgan fingerprint density at radius 1 is 1.16 bits per heavy atom. The lowest BCUT2D eigenvalue weighted by atomic mass is 10.1. The van der Waals surface area contributed by atoms with E-state index in [0.717, 1.165) is 0 Å². The zero-order valence-corrected chi connectivity index (χ0v) is 13.5. The number of ether oxygens (including phenoxy) is 1. The van der Waals surface area contributed by atoms with Gasteiger partial charge in [-0.25, -0.2) is 14.4 Å². The van der Waals surface area contributed by atoms with E-state index in [1.54, 1.807) is 12.1 Å². The molecule has 7 heteroatoms. The standard InChI is InChI=1S/C18H15FN4O2/c1-2-16-15(19)4-3-12(23-16)7-18(24)17-8-13(5-6-22-17)25-14-9-20-11-21-10-14/h3-6,8-11H,2,7H2,1H3. The van der Waals surface area contributed by atoms with Crippen molar-refractivity contribution in [3.8, 4) is 11.5 Å². The topological polar surface area (TPSA) is 77.9 Å². The third kappa shape index (κ3) is 4.20. The highest BCUT2D eigenvalue weighted by Crippen LogP contribution is 2.20. The lowest BCUT2D eigenvalue weighted by Crippen LogP contribution is -2.09. The molecule has 0 atom stereocenters. The molecule has 3 aromatic heterocycles. The van der Waals surface area contributed by atoms with E-state index in [0.29, 0.717) is 29.3 Å². The molecule has 0 saturated carbocycles. The number of halogens is 1. The molecule has 0 fully saturated rings. The summed E-state index contributed by atoms with van der Waals surface area (Å²) in [7, 11) is 0. The lowest BCUT2D eigenvalue weighted by Gasteiger charge is -2.07. The fraction of sp³-hybridized carbons (Fsp3) is 0.167. The van der Waals surface area contributed by atoms with Crippen LogP contribution in [0.2, 0.25) is 0 Å². The molecule has 25 heavy (non-hydrogen) atoms. The molecule has 0 unspecified atom stereocenters. The van der Waals surface area contributed by atoms with Gasteiger partial charge < -0.3 is 4.74 Å². The van der Waals surface area contributed by atoms with Gasteiger partial charge in [0.05, 0.1) is 24.5 Å². The van der Waals surface area contributed by atoms with Crippen molar-refractivity contribution in [3.05, 3.63) is 72.1 Å². The van der Waals surface area contributed by atoms with E-state index in [-0.39, 0.29) is 23.7 Å². The van der Waals surface area contributed by atoms with E-state index in [1.807, 2.05) is 6.92 Å². The highest BCUT2D eigenvalue weighted by molar-refractivity contribution is 5.95. The number of rotatable bonds is 6. The van der Waals surface area contributed by atoms with Crippen LogP contribution in [0.4, 0.5) is 4.39 Å². The van der Waals surface area contributed by atoms with Crippen molar-refractivity contribution in [2.45, 2.75) is 19.8 Å². The normalized spacial score (nSPS) is 10.5. The summed E-state index contributed by atoms with van der Waals surface area (Å²) < 4.78 is 19.1. The molecule has 126 valence electrons. The quantitative estimate of drug-likeness (QED) is 0.642. The van der Waals surface area contributed by atoms with Gasteiger partial charge in [-0.3, -0.25) is 14.8 Å². The van der Waals surface area contributed by atoms with Gasteiger partial charge in [0.15, 0.2) is 11.5 Å². The fourth-order valence-electron chi connectivity index (χ4n) is 2.23. The number of carbonyl (C=O) groups excluding carboxylic acids is 1. The van der Waals surface area contributed by atoms with Crippen LogP contribution in [0.5, 0.6) is 11.5 Å². The average Bonchev–Trinajstić information content (AvgIpc) is 2.64. The predicted octanol–water partition coefficient (Wildman–Crippen LogP) is 3.19. The zero-order chi connectivity index (χ0) is 17.6. The maximum absolute atomic E-state index is 13.5. The first-order valence-corrected chi connectivity index (χ1v) is 7.72. The molecule has 0 bridgehead atoms. The van der Waals surface area contributed by atoms with Crippen molar-refractivity contribution >= 4 is 5.78 Å². The number of carbonyl (C=O) groups is 1. The fourth-order valence-corrected chi connectivity index (χ4v) is 2.23. The average molecular weight is 338 g/mol. The van der Waals surface area contributed by atoms with Gasteiger partial charge in [-0.15, -0.1) is 0 Å². The zero-order valence-electron chi connectivity index (χ0n) is 13.5. The first kappa shape index (κ1) is 16.6. The Morgan fingerprint density at radius 2 is 1.96 bits per heavy atom.